The molecule has 468 valence electrons. The third-order valence-corrected chi connectivity index (χ3v) is 30.1. The minimum absolute atomic E-state index is 0.0326. The van der Waals surface area contributed by atoms with Crippen LogP contribution >= 0.6 is 0 Å². The van der Waals surface area contributed by atoms with E-state index in [0.717, 1.165) is 49.7 Å². The summed E-state index contributed by atoms with van der Waals surface area (Å²) in [6.45, 7) is 13.7. The number of benzene rings is 13. The van der Waals surface area contributed by atoms with Gasteiger partial charge in [0.05, 0.1) is 12.5 Å². The van der Waals surface area contributed by atoms with Gasteiger partial charge in [-0.25, -0.2) is 0 Å². The van der Waals surface area contributed by atoms with Gasteiger partial charge in [0.25, 0.3) is 6.71 Å². The Morgan fingerprint density at radius 1 is 0.392 bits per heavy atom. The highest BCUT2D eigenvalue weighted by Gasteiger charge is 2.48. The molecule has 3 aliphatic rings. The average Bonchev–Trinajstić information content (AvgIpc) is 0.693. The quantitative estimate of drug-likeness (QED) is 0.0843. The molecule has 0 spiro atoms. The second kappa shape index (κ2) is 24.9. The van der Waals surface area contributed by atoms with Crippen LogP contribution in [-0.4, -0.2) is 22.9 Å². The van der Waals surface area contributed by atoms with Crippen molar-refractivity contribution in [1.82, 2.24) is 0 Å². The molecule has 13 aromatic rings. The first-order valence-electron chi connectivity index (χ1n) is 36.5. The zero-order valence-corrected chi connectivity index (χ0v) is 57.7. The summed E-state index contributed by atoms with van der Waals surface area (Å²) in [5.41, 5.74) is 15.8. The van der Waals surface area contributed by atoms with Crippen molar-refractivity contribution < 1.29 is 11.6 Å². The Kier molecular flexibility index (Phi) is 14.3. The molecule has 0 saturated carbocycles. The van der Waals surface area contributed by atoms with Gasteiger partial charge in [-0.2, -0.15) is 0 Å². The Hall–Kier alpha value is -10.6. The van der Waals surface area contributed by atoms with E-state index in [1.807, 2.05) is 12.1 Å². The lowest BCUT2D eigenvalue weighted by Crippen LogP contribution is -2.75. The third-order valence-electron chi connectivity index (χ3n) is 20.6. The maximum atomic E-state index is 9.11. The van der Waals surface area contributed by atoms with E-state index in [2.05, 4.69) is 350 Å². The van der Waals surface area contributed by atoms with E-state index in [0.29, 0.717) is 12.0 Å². The summed E-state index contributed by atoms with van der Waals surface area (Å²) in [6.07, 6.45) is 5.61. The van der Waals surface area contributed by atoms with Crippen molar-refractivity contribution in [3.8, 4) is 44.9 Å². The van der Waals surface area contributed by atoms with Crippen LogP contribution in [0.25, 0.3) is 33.4 Å². The van der Waals surface area contributed by atoms with Gasteiger partial charge in [0.15, 0.2) is 16.1 Å². The van der Waals surface area contributed by atoms with Crippen LogP contribution in [0.2, 0.25) is 0 Å². The fraction of sp³-hybridized carbons (Fsp3) is 0.109. The van der Waals surface area contributed by atoms with Crippen molar-refractivity contribution in [3.05, 3.63) is 374 Å². The summed E-state index contributed by atoms with van der Waals surface area (Å²) in [6, 6.07) is 110. The molecule has 0 radical (unpaired) electrons. The van der Waals surface area contributed by atoms with Gasteiger partial charge >= 0.3 is 0 Å². The number of hydrogen-bond acceptors (Lipinski definition) is 2. The van der Waals surface area contributed by atoms with Crippen LogP contribution in [0.4, 0.5) is 11.4 Å². The van der Waals surface area contributed by atoms with Gasteiger partial charge in [-0.3, -0.25) is 0 Å². The van der Waals surface area contributed by atoms with E-state index in [4.69, 9.17) is 11.6 Å². The first-order chi connectivity index (χ1) is 49.4. The minimum atomic E-state index is -3.25. The van der Waals surface area contributed by atoms with Crippen LogP contribution in [0.15, 0.2) is 357 Å². The van der Waals surface area contributed by atoms with E-state index in [1.165, 1.54) is 75.7 Å². The normalized spacial score (nSPS) is 15.0. The number of rotatable bonds is 13. The summed E-state index contributed by atoms with van der Waals surface area (Å²) >= 11 is 0. The monoisotopic (exact) mass is 1280 g/mol. The zero-order valence-electron chi connectivity index (χ0n) is 60.7. The smallest absolute Gasteiger partial charge is 0.255 e. The average molecular weight is 1290 g/mol. The summed E-state index contributed by atoms with van der Waals surface area (Å²) in [7, 11) is -6.37. The first-order valence-corrected chi connectivity index (χ1v) is 38.0. The summed E-state index contributed by atoms with van der Waals surface area (Å²) in [4.78, 5) is 2.62. The van der Waals surface area contributed by atoms with E-state index in [1.54, 1.807) is 0 Å². The molecule has 1 atom stereocenters. The highest BCUT2D eigenvalue weighted by atomic mass is 28.3. The first kappa shape index (κ1) is 55.7. The molecule has 2 aliphatic heterocycles. The highest BCUT2D eigenvalue weighted by Crippen LogP contribution is 2.50. The highest BCUT2D eigenvalue weighted by molar-refractivity contribution is 7.20. The van der Waals surface area contributed by atoms with Crippen LogP contribution in [0.1, 0.15) is 77.4 Å². The summed E-state index contributed by atoms with van der Waals surface area (Å²) < 4.78 is 51.8. The second-order valence-corrected chi connectivity index (χ2v) is 35.9. The molecule has 1 aliphatic carbocycles. The lowest BCUT2D eigenvalue weighted by Gasteiger charge is -2.45. The SMILES string of the molecule is [2H]c1c([2H])c([2H])c(-c2cccc([Si](c3ccccc3)(c3ccccc3)c3ccc(C4C=CC5=C(C4)N(c4ccc(C(C)(C)C)cc4-c4ccccc4)c4cc(C(C)(C)C)cc6c4B5c4ccc([Si](c5ccccc5)(c5ccccc5)c5cccc(-c7ccccc7)c5)cc4O6)cc3)c2)c([2H])c1[2H]. The molecule has 1 unspecified atom stereocenters. The fourth-order valence-electron chi connectivity index (χ4n) is 15.8. The van der Waals surface area contributed by atoms with E-state index >= 15 is 0 Å². The predicted octanol–water partition coefficient (Wildman–Crippen LogP) is 16.4. The Bertz CT molecular complexity index is 5320. The number of allylic oxidation sites excluding steroid dienone is 4. The van der Waals surface area contributed by atoms with Gasteiger partial charge in [0.2, 0.25) is 0 Å². The number of anilines is 2. The molecule has 0 saturated heterocycles. The van der Waals surface area contributed by atoms with Crippen LogP contribution in [0.3, 0.4) is 0 Å². The molecule has 0 fully saturated rings. The van der Waals surface area contributed by atoms with Crippen molar-refractivity contribution in [1.29, 1.82) is 0 Å². The standard InChI is InChI=1S/C92H78BNOSi2/c1-91(2,3)72-51-57-85(82(61-72)68-34-18-9-19-35-68)94-86-60-71(67-48-52-78(53-49-67)96(74-38-20-10-21-39-74,75-40-22-11-23-41-75)79-46-28-36-69(58-79)65-30-14-7-15-31-65)50-55-83(86)93-84-56-54-81(64-88(84)95-89-63-73(92(4,5)6)62-87(94)90(89)93)97(76-42-24-12-25-43-76,77-44-26-13-27-45-77)80-47-29-37-70(59-80)66-32-16-8-17-33-66/h7-59,61-64,71H,60H2,1-6H3/i7D,14D,15D,30D,31D. The summed E-state index contributed by atoms with van der Waals surface area (Å²) in [5, 5.41) is 9.67. The second-order valence-electron chi connectivity index (χ2n) is 28.3. The van der Waals surface area contributed by atoms with Crippen LogP contribution in [-0.2, 0) is 10.8 Å². The minimum Gasteiger partial charge on any atom is -0.458 e. The maximum absolute atomic E-state index is 9.11. The van der Waals surface area contributed by atoms with Crippen LogP contribution in [0, 0.1) is 0 Å². The lowest BCUT2D eigenvalue weighted by molar-refractivity contribution is 0.483. The maximum Gasteiger partial charge on any atom is 0.255 e. The molecule has 2 nitrogen and oxygen atoms in total. The molecule has 0 N–H and O–H groups in total. The molecule has 97 heavy (non-hydrogen) atoms. The van der Waals surface area contributed by atoms with Gasteiger partial charge in [0.1, 0.15) is 11.5 Å². The zero-order chi connectivity index (χ0) is 70.2. The van der Waals surface area contributed by atoms with Crippen molar-refractivity contribution in [2.24, 2.45) is 0 Å². The Labute approximate surface area is 582 Å². The predicted molar refractivity (Wildman–Crippen MR) is 417 cm³/mol. The molecule has 13 aromatic carbocycles. The van der Waals surface area contributed by atoms with E-state index < -0.39 is 22.2 Å². The molecular weight excluding hydrogens is 1200 g/mol. The van der Waals surface area contributed by atoms with E-state index in [-0.39, 0.29) is 53.2 Å². The molecule has 5 heteroatoms. The largest absolute Gasteiger partial charge is 0.458 e. The topological polar surface area (TPSA) is 12.5 Å². The van der Waals surface area contributed by atoms with Crippen molar-refractivity contribution >= 4 is 86.7 Å². The molecule has 2 heterocycles. The van der Waals surface area contributed by atoms with Gasteiger partial charge in [-0.15, -0.1) is 0 Å². The van der Waals surface area contributed by atoms with Gasteiger partial charge < -0.3 is 9.64 Å². The van der Waals surface area contributed by atoms with Crippen molar-refractivity contribution in [3.63, 3.8) is 0 Å². The molecule has 0 aromatic heterocycles. The number of fused-ring (bicyclic) bond motifs is 3. The Morgan fingerprint density at radius 2 is 0.856 bits per heavy atom. The fourth-order valence-corrected chi connectivity index (χ4v) is 25.3. The van der Waals surface area contributed by atoms with Crippen molar-refractivity contribution in [2.45, 2.75) is 64.7 Å². The number of hydrogen-bond donors (Lipinski definition) is 0. The van der Waals surface area contributed by atoms with Crippen LogP contribution < -0.4 is 62.1 Å². The number of nitrogens with zero attached hydrogens (tertiary/aromatic N) is 1. The molecule has 16 rings (SSSR count). The molecule has 0 amide bonds. The molecular formula is C92H78BNOSi2. The Balaban J connectivity index is 0.896. The van der Waals surface area contributed by atoms with E-state index in [9.17, 15) is 0 Å². The summed E-state index contributed by atoms with van der Waals surface area (Å²) in [5.74, 6) is 1.72. The molecule has 0 bridgehead atoms. The van der Waals surface area contributed by atoms with Gasteiger partial charge in [0, 0.05) is 22.9 Å². The van der Waals surface area contributed by atoms with Crippen LogP contribution in [0.5, 0.6) is 11.5 Å². The van der Waals surface area contributed by atoms with Gasteiger partial charge in [-0.05, 0) is 150 Å². The van der Waals surface area contributed by atoms with Crippen molar-refractivity contribution in [2.75, 3.05) is 4.90 Å². The Morgan fingerprint density at radius 3 is 1.40 bits per heavy atom. The van der Waals surface area contributed by atoms with Gasteiger partial charge in [-0.1, -0.05) is 357 Å². The third kappa shape index (κ3) is 10.8. The number of ether oxygens (including phenoxy) is 1. The lowest BCUT2D eigenvalue weighted by atomic mass is 9.33.